The first-order valence-corrected chi connectivity index (χ1v) is 17.0. The van der Waals surface area contributed by atoms with Crippen molar-refractivity contribution >= 4 is 22.3 Å². The number of rotatable bonds is 10. The Kier molecular flexibility index (Phi) is 10.2. The van der Waals surface area contributed by atoms with E-state index < -0.39 is 46.0 Å². The monoisotopic (exact) mass is 726 g/mol. The second kappa shape index (κ2) is 14.0. The molecule has 1 atom stereocenters. The normalized spacial score (nSPS) is 15.1. The van der Waals surface area contributed by atoms with Gasteiger partial charge in [-0.2, -0.15) is 22.9 Å². The SMILES string of the molecule is Cc1ccc(-c2cc(C(F)(F)F)nn2-c2ccc(S(=O)(=O)NC(=O)OCC3CCN(n4on4OC(C)OC(=O)OC(C)(C)C)CC3)cc2)cc1. The minimum Gasteiger partial charge on any atom is -0.449 e. The molecule has 1 saturated heterocycles. The maximum Gasteiger partial charge on any atom is 0.511 e. The molecule has 1 aliphatic heterocycles. The molecule has 1 N–H and O–H groups in total. The quantitative estimate of drug-likeness (QED) is 0.168. The lowest BCUT2D eigenvalue weighted by atomic mass is 9.99. The Balaban J connectivity index is 1.10. The maximum absolute atomic E-state index is 13.5. The molecule has 1 fully saturated rings. The van der Waals surface area contributed by atoms with Crippen LogP contribution in [0.4, 0.5) is 22.8 Å². The molecule has 1 unspecified atom stereocenters. The van der Waals surface area contributed by atoms with Crippen molar-refractivity contribution in [1.82, 2.24) is 24.5 Å². The van der Waals surface area contributed by atoms with Gasteiger partial charge in [0.2, 0.25) is 0 Å². The minimum atomic E-state index is -4.70. The highest BCUT2D eigenvalue weighted by molar-refractivity contribution is 7.90. The first-order chi connectivity index (χ1) is 23.4. The molecule has 3 heterocycles. The molecule has 15 nitrogen and oxygen atoms in total. The van der Waals surface area contributed by atoms with Crippen LogP contribution in [0.2, 0.25) is 0 Å². The van der Waals surface area contributed by atoms with Gasteiger partial charge in [-0.05, 0) is 76.8 Å². The molecule has 19 heteroatoms. The average molecular weight is 727 g/mol. The van der Waals surface area contributed by atoms with E-state index in [1.165, 1.54) is 24.0 Å². The van der Waals surface area contributed by atoms with Crippen LogP contribution >= 0.6 is 0 Å². The molecule has 5 rings (SSSR count). The second-order valence-corrected chi connectivity index (χ2v) is 14.3. The Labute approximate surface area is 285 Å². The van der Waals surface area contributed by atoms with Crippen LogP contribution in [0.5, 0.6) is 0 Å². The standard InChI is InChI=1S/C31H37F3N6O9S/c1-20-6-8-23(9-7-20)26-18-27(31(32,33)34)35-38(26)24-10-12-25(13-11-24)50(43,44)36-28(41)45-19-22-14-16-37(17-15-22)39-40(49-39)48-21(2)46-29(42)47-30(3,4)5/h6-13,18,21-22H,14-17,19H2,1-5H3,(H,36,41). The number of aryl methyl sites for hydroxylation is 1. The number of benzene rings is 2. The first-order valence-electron chi connectivity index (χ1n) is 15.5. The third kappa shape index (κ3) is 9.33. The van der Waals surface area contributed by atoms with Gasteiger partial charge < -0.3 is 19.0 Å². The molecule has 0 spiro atoms. The zero-order valence-corrected chi connectivity index (χ0v) is 28.7. The van der Waals surface area contributed by atoms with Gasteiger partial charge in [0, 0.05) is 30.5 Å². The summed E-state index contributed by atoms with van der Waals surface area (Å²) in [7, 11) is -4.37. The summed E-state index contributed by atoms with van der Waals surface area (Å²) in [6, 6.07) is 12.6. The van der Waals surface area contributed by atoms with Crippen LogP contribution in [0.15, 0.2) is 64.1 Å². The van der Waals surface area contributed by atoms with Gasteiger partial charge in [-0.3, -0.25) is 5.01 Å². The van der Waals surface area contributed by atoms with E-state index in [0.717, 1.165) is 33.5 Å². The third-order valence-electron chi connectivity index (χ3n) is 7.39. The summed E-state index contributed by atoms with van der Waals surface area (Å²) in [5.41, 5.74) is -0.0877. The number of aromatic nitrogens is 4. The van der Waals surface area contributed by atoms with Crippen LogP contribution in [-0.4, -0.2) is 72.0 Å². The second-order valence-electron chi connectivity index (χ2n) is 12.6. The fraction of sp³-hybridized carbons (Fsp3) is 0.452. The fourth-order valence-corrected chi connectivity index (χ4v) is 5.77. The van der Waals surface area contributed by atoms with E-state index in [0.29, 0.717) is 31.5 Å². The third-order valence-corrected chi connectivity index (χ3v) is 8.72. The topological polar surface area (TPSA) is 161 Å². The van der Waals surface area contributed by atoms with Crippen molar-refractivity contribution in [3.8, 4) is 16.9 Å². The lowest BCUT2D eigenvalue weighted by molar-refractivity contribution is -0.142. The molecule has 2 aromatic carbocycles. The number of piperidine rings is 1. The number of sulfonamides is 1. The molecule has 0 radical (unpaired) electrons. The van der Waals surface area contributed by atoms with Crippen molar-refractivity contribution in [2.75, 3.05) is 24.7 Å². The van der Waals surface area contributed by atoms with E-state index in [-0.39, 0.29) is 28.8 Å². The van der Waals surface area contributed by atoms with Crippen molar-refractivity contribution in [2.24, 2.45) is 5.92 Å². The zero-order valence-electron chi connectivity index (χ0n) is 27.8. The highest BCUT2D eigenvalue weighted by Gasteiger charge is 2.35. The van der Waals surface area contributed by atoms with Gasteiger partial charge in [0.15, 0.2) is 5.69 Å². The van der Waals surface area contributed by atoms with Gasteiger partial charge in [-0.15, -0.1) is 0 Å². The van der Waals surface area contributed by atoms with Gasteiger partial charge >= 0.3 is 18.4 Å². The number of nitrogens with one attached hydrogen (secondary N) is 1. The van der Waals surface area contributed by atoms with Gasteiger partial charge in [-0.1, -0.05) is 29.8 Å². The minimum absolute atomic E-state index is 0.0431. The number of hydrogen-bond acceptors (Lipinski definition) is 11. The Bertz CT molecular complexity index is 1880. The summed E-state index contributed by atoms with van der Waals surface area (Å²) in [6.45, 7) is 9.39. The van der Waals surface area contributed by atoms with Gasteiger partial charge in [0.05, 0.1) is 22.9 Å². The van der Waals surface area contributed by atoms with E-state index in [1.807, 2.05) is 16.7 Å². The number of carbonyl (C=O) groups excluding carboxylic acids is 2. The molecule has 0 aliphatic carbocycles. The van der Waals surface area contributed by atoms with Gasteiger partial charge in [0.1, 0.15) is 10.6 Å². The molecular formula is C31H37F3N6O9S. The van der Waals surface area contributed by atoms with Crippen LogP contribution < -0.4 is 14.6 Å². The number of amides is 1. The zero-order chi connectivity index (χ0) is 36.4. The van der Waals surface area contributed by atoms with Crippen molar-refractivity contribution in [3.05, 3.63) is 65.9 Å². The van der Waals surface area contributed by atoms with Crippen LogP contribution in [0.25, 0.3) is 16.9 Å². The fourth-order valence-electron chi connectivity index (χ4n) is 4.88. The highest BCUT2D eigenvalue weighted by Crippen LogP contribution is 2.33. The average Bonchev–Trinajstić information content (AvgIpc) is 3.62. The maximum atomic E-state index is 13.5. The predicted molar refractivity (Wildman–Crippen MR) is 169 cm³/mol. The largest absolute Gasteiger partial charge is 0.511 e. The number of nitrogens with zero attached hydrogens (tertiary/aromatic N) is 5. The predicted octanol–water partition coefficient (Wildman–Crippen LogP) is 5.25. The summed E-state index contributed by atoms with van der Waals surface area (Å²) in [5.74, 6) is -0.0684. The van der Waals surface area contributed by atoms with Crippen LogP contribution in [0, 0.1) is 12.8 Å². The Morgan fingerprint density at radius 3 is 2.28 bits per heavy atom. The lowest BCUT2D eigenvalue weighted by Crippen LogP contribution is -2.42. The Morgan fingerprint density at radius 1 is 1.04 bits per heavy atom. The van der Waals surface area contributed by atoms with E-state index in [2.05, 4.69) is 5.10 Å². The van der Waals surface area contributed by atoms with E-state index in [1.54, 1.807) is 45.0 Å². The number of alkyl halides is 3. The van der Waals surface area contributed by atoms with E-state index in [9.17, 15) is 31.2 Å². The number of ether oxygens (including phenoxy) is 3. The molecule has 4 aromatic rings. The molecule has 272 valence electrons. The molecule has 0 bridgehead atoms. The summed E-state index contributed by atoms with van der Waals surface area (Å²) in [4.78, 5) is 30.6. The van der Waals surface area contributed by atoms with Gasteiger partial charge in [-0.25, -0.2) is 27.4 Å². The molecular weight excluding hydrogens is 689 g/mol. The molecule has 1 amide bonds. The molecule has 50 heavy (non-hydrogen) atoms. The molecule has 2 aromatic heterocycles. The summed E-state index contributed by atoms with van der Waals surface area (Å²) in [5, 5.41) is 6.57. The number of carbonyl (C=O) groups is 2. The Hall–Kier alpha value is -5.07. The number of hydrogen-bond donors (Lipinski definition) is 1. The van der Waals surface area contributed by atoms with Crippen molar-refractivity contribution in [2.45, 2.75) is 70.4 Å². The van der Waals surface area contributed by atoms with Gasteiger partial charge in [0.25, 0.3) is 16.3 Å². The number of halogens is 3. The molecule has 1 aliphatic rings. The summed E-state index contributed by atoms with van der Waals surface area (Å²) in [6.07, 6.45) is -6.60. The van der Waals surface area contributed by atoms with E-state index in [4.69, 9.17) is 23.7 Å². The highest BCUT2D eigenvalue weighted by atomic mass is 32.2. The Morgan fingerprint density at radius 2 is 1.68 bits per heavy atom. The lowest BCUT2D eigenvalue weighted by Gasteiger charge is -2.28. The van der Waals surface area contributed by atoms with Crippen LogP contribution in [0.3, 0.4) is 0 Å². The van der Waals surface area contributed by atoms with E-state index >= 15 is 0 Å². The van der Waals surface area contributed by atoms with Crippen LogP contribution in [-0.2, 0) is 30.4 Å². The van der Waals surface area contributed by atoms with Crippen LogP contribution in [0.1, 0.15) is 51.8 Å². The molecule has 0 saturated carbocycles. The smallest absolute Gasteiger partial charge is 0.449 e. The summed E-state index contributed by atoms with van der Waals surface area (Å²) >= 11 is 0. The van der Waals surface area contributed by atoms with Crippen molar-refractivity contribution in [3.63, 3.8) is 0 Å². The van der Waals surface area contributed by atoms with Crippen molar-refractivity contribution < 1.29 is 54.9 Å². The summed E-state index contributed by atoms with van der Waals surface area (Å²) < 4.78 is 89.8. The van der Waals surface area contributed by atoms with Crippen molar-refractivity contribution in [1.29, 1.82) is 0 Å². The first kappa shape index (κ1) is 36.2.